The maximum absolute atomic E-state index is 14.5. The average molecular weight is 651 g/mol. The summed E-state index contributed by atoms with van der Waals surface area (Å²) in [6.45, 7) is 14.4. The first-order valence-electron chi connectivity index (χ1n) is 17.5. The molecule has 0 amide bonds. The van der Waals surface area contributed by atoms with Crippen molar-refractivity contribution < 1.29 is 50.0 Å². The molecule has 10 nitrogen and oxygen atoms in total. The fourth-order valence-electron chi connectivity index (χ4n) is 12.4. The summed E-state index contributed by atoms with van der Waals surface area (Å²) < 4.78 is 11.5. The van der Waals surface area contributed by atoms with Gasteiger partial charge in [-0.05, 0) is 97.7 Å². The first-order chi connectivity index (χ1) is 21.2. The molecule has 1 saturated heterocycles. The highest BCUT2D eigenvalue weighted by molar-refractivity contribution is 5.79. The molecule has 0 bridgehead atoms. The number of aliphatic hydroxyl groups is 7. The number of aliphatic hydroxyl groups excluding tert-OH is 6. The fourth-order valence-corrected chi connectivity index (χ4v) is 12.4. The zero-order chi connectivity index (χ0) is 34.0. The van der Waals surface area contributed by atoms with Crippen LogP contribution in [-0.2, 0) is 14.3 Å². The molecule has 4 saturated carbocycles. The van der Waals surface area contributed by atoms with Crippen molar-refractivity contribution in [3.63, 3.8) is 0 Å². The van der Waals surface area contributed by atoms with E-state index >= 15 is 0 Å². The van der Waals surface area contributed by atoms with Gasteiger partial charge in [-0.25, -0.2) is 0 Å². The lowest BCUT2D eigenvalue weighted by Gasteiger charge is -2.72. The molecule has 262 valence electrons. The topological polar surface area (TPSA) is 177 Å². The van der Waals surface area contributed by atoms with E-state index in [0.29, 0.717) is 32.1 Å². The number of hydrogen-bond acceptors (Lipinski definition) is 10. The summed E-state index contributed by atoms with van der Waals surface area (Å²) in [5, 5.41) is 75.6. The van der Waals surface area contributed by atoms with Gasteiger partial charge in [0.15, 0.2) is 0 Å². The Morgan fingerprint density at radius 2 is 1.59 bits per heavy atom. The van der Waals surface area contributed by atoms with Crippen molar-refractivity contribution >= 4 is 5.97 Å². The molecule has 46 heavy (non-hydrogen) atoms. The number of hydrogen-bond donors (Lipinski definition) is 7. The third-order valence-electron chi connectivity index (χ3n) is 15.5. The lowest BCUT2D eigenvalue weighted by molar-refractivity contribution is -0.299. The van der Waals surface area contributed by atoms with Crippen LogP contribution in [-0.4, -0.2) is 96.8 Å². The quantitative estimate of drug-likeness (QED) is 0.177. The van der Waals surface area contributed by atoms with E-state index in [0.717, 1.165) is 24.8 Å². The van der Waals surface area contributed by atoms with Crippen LogP contribution in [0.15, 0.2) is 11.6 Å². The summed E-state index contributed by atoms with van der Waals surface area (Å²) in [4.78, 5) is 14.5. The summed E-state index contributed by atoms with van der Waals surface area (Å²) in [5.41, 5.74) is -2.44. The highest BCUT2D eigenvalue weighted by Gasteiger charge is 2.72. The van der Waals surface area contributed by atoms with Gasteiger partial charge >= 0.3 is 5.97 Å². The van der Waals surface area contributed by atoms with Crippen LogP contribution in [0.3, 0.4) is 0 Å². The van der Waals surface area contributed by atoms with Crippen LogP contribution < -0.4 is 0 Å². The van der Waals surface area contributed by atoms with Crippen LogP contribution in [0.25, 0.3) is 0 Å². The third kappa shape index (κ3) is 4.39. The van der Waals surface area contributed by atoms with Gasteiger partial charge in [-0.1, -0.05) is 53.2 Å². The molecule has 5 fully saturated rings. The van der Waals surface area contributed by atoms with Crippen molar-refractivity contribution in [2.75, 3.05) is 6.61 Å². The number of allylic oxidation sites excluding steroid dienone is 1. The van der Waals surface area contributed by atoms with Gasteiger partial charge in [0.1, 0.15) is 24.4 Å². The van der Waals surface area contributed by atoms with Gasteiger partial charge in [0, 0.05) is 5.92 Å². The molecule has 1 aliphatic heterocycles. The Morgan fingerprint density at radius 3 is 2.24 bits per heavy atom. The summed E-state index contributed by atoms with van der Waals surface area (Å²) in [6.07, 6.45) is -1.65. The Bertz CT molecular complexity index is 1250. The minimum Gasteiger partial charge on any atom is -0.432 e. The number of carbonyl (C=O) groups is 1. The maximum Gasteiger partial charge on any atom is 0.315 e. The highest BCUT2D eigenvalue weighted by Crippen LogP contribution is 2.76. The molecule has 0 aromatic carbocycles. The molecule has 5 aliphatic carbocycles. The van der Waals surface area contributed by atoms with Gasteiger partial charge in [0.05, 0.1) is 29.8 Å². The highest BCUT2D eigenvalue weighted by atomic mass is 16.7. The molecule has 0 aromatic rings. The molecule has 0 radical (unpaired) electrons. The Kier molecular flexibility index (Phi) is 8.27. The first-order valence-corrected chi connectivity index (χ1v) is 17.5. The van der Waals surface area contributed by atoms with E-state index in [-0.39, 0.29) is 34.0 Å². The maximum atomic E-state index is 14.5. The van der Waals surface area contributed by atoms with Gasteiger partial charge in [0.2, 0.25) is 6.29 Å². The van der Waals surface area contributed by atoms with Crippen LogP contribution >= 0.6 is 0 Å². The van der Waals surface area contributed by atoms with Gasteiger partial charge in [-0.3, -0.25) is 4.79 Å². The van der Waals surface area contributed by atoms with Crippen LogP contribution in [0, 0.1) is 50.7 Å². The van der Waals surface area contributed by atoms with Crippen molar-refractivity contribution in [3.8, 4) is 0 Å². The zero-order valence-corrected chi connectivity index (χ0v) is 28.6. The summed E-state index contributed by atoms with van der Waals surface area (Å²) >= 11 is 0. The molecule has 0 spiro atoms. The smallest absolute Gasteiger partial charge is 0.315 e. The molecule has 16 atom stereocenters. The van der Waals surface area contributed by atoms with Crippen molar-refractivity contribution in [3.05, 3.63) is 11.6 Å². The van der Waals surface area contributed by atoms with Crippen molar-refractivity contribution in [1.82, 2.24) is 0 Å². The van der Waals surface area contributed by atoms with E-state index in [9.17, 15) is 40.5 Å². The monoisotopic (exact) mass is 650 g/mol. The molecule has 6 rings (SSSR count). The summed E-state index contributed by atoms with van der Waals surface area (Å²) in [5.74, 6) is -0.787. The van der Waals surface area contributed by atoms with Crippen LogP contribution in [0.2, 0.25) is 0 Å². The van der Waals surface area contributed by atoms with Crippen molar-refractivity contribution in [2.45, 2.75) is 148 Å². The standard InChI is InChI=1S/C36H58O10/c1-18-10-13-36(30(43)46-29-26(41)25(40)24(39)21(17-37)45-29)15-14-33(5)19(27(36)35(18,7)44)8-9-23-32(4)16-20(38)28(42)31(2,3)22(32)11-12-34(23,33)6/h8,18,20-29,37-42,44H,9-17H2,1-7H3/t18-,20-,21-,22+,23-,24+,25+,26-,27-,28+,29+,32+,33-,34-,35-,36+/m1/s1. The first kappa shape index (κ1) is 34.7. The van der Waals surface area contributed by atoms with E-state index in [1.54, 1.807) is 0 Å². The number of ether oxygens (including phenoxy) is 2. The molecular weight excluding hydrogens is 592 g/mol. The van der Waals surface area contributed by atoms with E-state index < -0.39 is 77.8 Å². The largest absolute Gasteiger partial charge is 0.432 e. The predicted molar refractivity (Wildman–Crippen MR) is 168 cm³/mol. The van der Waals surface area contributed by atoms with Crippen LogP contribution in [0.1, 0.15) is 99.8 Å². The molecular formula is C36H58O10. The van der Waals surface area contributed by atoms with Gasteiger partial charge in [-0.15, -0.1) is 0 Å². The summed E-state index contributed by atoms with van der Waals surface area (Å²) in [6, 6.07) is 0. The minimum absolute atomic E-state index is 0.0940. The Morgan fingerprint density at radius 1 is 0.913 bits per heavy atom. The SMILES string of the molecule is C[C@@H]1CC[C@]2(C(=O)O[C@@H]3O[C@H](CO)[C@H](O)[C@H](O)[C@H]3O)CC[C@]3(C)C(=CC[C@@H]4[C@@]5(C)C[C@@H](O)[C@H](O)C(C)(C)[C@@H]5CC[C@]43C)[C@@H]2[C@]1(C)O. The Balaban J connectivity index is 1.39. The average Bonchev–Trinajstić information content (AvgIpc) is 2.98. The van der Waals surface area contributed by atoms with E-state index in [1.165, 1.54) is 0 Å². The van der Waals surface area contributed by atoms with E-state index in [2.05, 4.69) is 40.7 Å². The number of rotatable bonds is 3. The third-order valence-corrected chi connectivity index (χ3v) is 15.5. The molecule has 0 unspecified atom stereocenters. The Labute approximate surface area is 273 Å². The molecule has 7 N–H and O–H groups in total. The normalized spacial score (nSPS) is 56.4. The molecule has 10 heteroatoms. The second-order valence-electron chi connectivity index (χ2n) is 17.7. The zero-order valence-electron chi connectivity index (χ0n) is 28.6. The van der Waals surface area contributed by atoms with Gasteiger partial charge < -0.3 is 45.2 Å². The number of fused-ring (bicyclic) bond motifs is 7. The second-order valence-corrected chi connectivity index (χ2v) is 17.7. The molecule has 6 aliphatic rings. The van der Waals surface area contributed by atoms with Crippen LogP contribution in [0.5, 0.6) is 0 Å². The predicted octanol–water partition coefficient (Wildman–Crippen LogP) is 2.43. The van der Waals surface area contributed by atoms with Gasteiger partial charge in [-0.2, -0.15) is 0 Å². The van der Waals surface area contributed by atoms with E-state index in [1.807, 2.05) is 13.8 Å². The Hall–Kier alpha value is -1.11. The van der Waals surface area contributed by atoms with Crippen LogP contribution in [0.4, 0.5) is 0 Å². The minimum atomic E-state index is -1.70. The lowest BCUT2D eigenvalue weighted by atomic mass is 9.33. The van der Waals surface area contributed by atoms with E-state index in [4.69, 9.17) is 9.47 Å². The van der Waals surface area contributed by atoms with Crippen molar-refractivity contribution in [2.24, 2.45) is 50.7 Å². The van der Waals surface area contributed by atoms with Gasteiger partial charge in [0.25, 0.3) is 0 Å². The molecule has 0 aromatic heterocycles. The number of carbonyl (C=O) groups excluding carboxylic acids is 1. The van der Waals surface area contributed by atoms with Crippen molar-refractivity contribution in [1.29, 1.82) is 0 Å². The summed E-state index contributed by atoms with van der Waals surface area (Å²) in [7, 11) is 0. The lowest BCUT2D eigenvalue weighted by Crippen LogP contribution is -2.69. The second kappa shape index (κ2) is 10.9. The fraction of sp³-hybridized carbons (Fsp3) is 0.917. The molecule has 1 heterocycles. The number of esters is 1.